The fraction of sp³-hybridized carbons (Fsp3) is 0.471. The molecule has 0 radical (unpaired) electrons. The third-order valence-electron chi connectivity index (χ3n) is 2.73. The Morgan fingerprint density at radius 1 is 1.35 bits per heavy atom. The normalized spacial score (nSPS) is 11.3. The van der Waals surface area contributed by atoms with Gasteiger partial charge >= 0.3 is 6.09 Å². The lowest BCUT2D eigenvalue weighted by Crippen LogP contribution is -2.34. The number of amides is 2. The molecule has 0 aliphatic carbocycles. The Morgan fingerprint density at radius 2 is 2.04 bits per heavy atom. The lowest BCUT2D eigenvalue weighted by atomic mass is 10.2. The third kappa shape index (κ3) is 7.99. The molecule has 0 saturated carbocycles. The molecular formula is C17H25N3O3. The van der Waals surface area contributed by atoms with Crippen molar-refractivity contribution in [1.29, 1.82) is 0 Å². The molecule has 126 valence electrons. The Labute approximate surface area is 137 Å². The topological polar surface area (TPSA) is 71.5 Å². The summed E-state index contributed by atoms with van der Waals surface area (Å²) in [5.74, 6) is -0.125. The Kier molecular flexibility index (Phi) is 6.75. The molecule has 6 heteroatoms. The lowest BCUT2D eigenvalue weighted by molar-refractivity contribution is -0.114. The van der Waals surface area contributed by atoms with Gasteiger partial charge in [-0.05, 0) is 45.4 Å². The van der Waals surface area contributed by atoms with Gasteiger partial charge in [0.15, 0.2) is 0 Å². The summed E-state index contributed by atoms with van der Waals surface area (Å²) in [6.45, 7) is 7.54. The second-order valence-electron chi connectivity index (χ2n) is 6.25. The Hall–Kier alpha value is -2.37. The molecule has 2 amide bonds. The van der Waals surface area contributed by atoms with E-state index >= 15 is 0 Å². The number of hydrogen-bond donors (Lipinski definition) is 1. The third-order valence-corrected chi connectivity index (χ3v) is 2.73. The van der Waals surface area contributed by atoms with E-state index in [2.05, 4.69) is 10.3 Å². The number of rotatable bonds is 5. The van der Waals surface area contributed by atoms with E-state index in [9.17, 15) is 9.59 Å². The number of nitrogens with one attached hydrogen (secondary N) is 1. The van der Waals surface area contributed by atoms with Gasteiger partial charge in [0.1, 0.15) is 5.60 Å². The summed E-state index contributed by atoms with van der Waals surface area (Å²) in [5, 5.41) is 2.66. The van der Waals surface area contributed by atoms with Crippen LogP contribution in [0, 0.1) is 0 Å². The van der Waals surface area contributed by atoms with Crippen LogP contribution in [0.25, 0.3) is 6.08 Å². The van der Waals surface area contributed by atoms with E-state index < -0.39 is 5.60 Å². The molecule has 23 heavy (non-hydrogen) atoms. The van der Waals surface area contributed by atoms with E-state index in [4.69, 9.17) is 4.74 Å². The summed E-state index contributed by atoms with van der Waals surface area (Å²) >= 11 is 0. The molecule has 0 fully saturated rings. The van der Waals surface area contributed by atoms with Gasteiger partial charge in [0.05, 0.1) is 17.6 Å². The molecule has 0 bridgehead atoms. The zero-order valence-electron chi connectivity index (χ0n) is 14.4. The van der Waals surface area contributed by atoms with Crippen molar-refractivity contribution in [1.82, 2.24) is 9.88 Å². The summed E-state index contributed by atoms with van der Waals surface area (Å²) in [7, 11) is 1.71. The van der Waals surface area contributed by atoms with Crippen molar-refractivity contribution in [2.24, 2.45) is 0 Å². The fourth-order valence-corrected chi connectivity index (χ4v) is 1.68. The van der Waals surface area contributed by atoms with Gasteiger partial charge in [-0.25, -0.2) is 4.79 Å². The number of carbonyl (C=O) groups excluding carboxylic acids is 2. The van der Waals surface area contributed by atoms with E-state index in [1.54, 1.807) is 24.2 Å². The first-order chi connectivity index (χ1) is 10.7. The molecule has 0 aliphatic rings. The van der Waals surface area contributed by atoms with Gasteiger partial charge in [-0.2, -0.15) is 0 Å². The second-order valence-corrected chi connectivity index (χ2v) is 6.25. The average molecular weight is 319 g/mol. The lowest BCUT2D eigenvalue weighted by Gasteiger charge is -2.24. The van der Waals surface area contributed by atoms with E-state index in [1.807, 2.05) is 39.0 Å². The van der Waals surface area contributed by atoms with Crippen LogP contribution in [0.5, 0.6) is 0 Å². The van der Waals surface area contributed by atoms with Gasteiger partial charge in [0, 0.05) is 20.5 Å². The summed E-state index contributed by atoms with van der Waals surface area (Å²) in [4.78, 5) is 28.5. The summed E-state index contributed by atoms with van der Waals surface area (Å²) < 4.78 is 5.28. The number of pyridine rings is 1. The van der Waals surface area contributed by atoms with Gasteiger partial charge < -0.3 is 15.0 Å². The zero-order chi connectivity index (χ0) is 17.5. The van der Waals surface area contributed by atoms with Crippen LogP contribution in [0.15, 0.2) is 24.4 Å². The molecule has 1 heterocycles. The fourth-order valence-electron chi connectivity index (χ4n) is 1.68. The largest absolute Gasteiger partial charge is 0.444 e. The predicted octanol–water partition coefficient (Wildman–Crippen LogP) is 3.31. The zero-order valence-corrected chi connectivity index (χ0v) is 14.4. The highest BCUT2D eigenvalue weighted by Crippen LogP contribution is 2.10. The molecule has 0 aromatic carbocycles. The van der Waals surface area contributed by atoms with Crippen LogP contribution in [0.4, 0.5) is 10.5 Å². The van der Waals surface area contributed by atoms with Crippen LogP contribution < -0.4 is 5.32 Å². The molecule has 1 aromatic rings. The monoisotopic (exact) mass is 319 g/mol. The van der Waals surface area contributed by atoms with E-state index in [0.29, 0.717) is 18.7 Å². The first-order valence-electron chi connectivity index (χ1n) is 7.51. The number of ether oxygens (including phenoxy) is 1. The van der Waals surface area contributed by atoms with E-state index in [0.717, 1.165) is 5.69 Å². The molecule has 1 rings (SSSR count). The molecule has 0 unspecified atom stereocenters. The molecule has 1 aromatic heterocycles. The summed E-state index contributed by atoms with van der Waals surface area (Å²) in [5.41, 5.74) is 0.971. The van der Waals surface area contributed by atoms with Crippen molar-refractivity contribution >= 4 is 23.8 Å². The van der Waals surface area contributed by atoms with Gasteiger partial charge in [-0.15, -0.1) is 0 Å². The van der Waals surface area contributed by atoms with Crippen molar-refractivity contribution in [3.8, 4) is 0 Å². The number of nitrogens with zero attached hydrogens (tertiary/aromatic N) is 2. The highest BCUT2D eigenvalue weighted by molar-refractivity contribution is 5.88. The van der Waals surface area contributed by atoms with Gasteiger partial charge in [-0.1, -0.05) is 6.08 Å². The maximum atomic E-state index is 11.8. The smallest absolute Gasteiger partial charge is 0.410 e. The minimum Gasteiger partial charge on any atom is -0.444 e. The standard InChI is InChI=1S/C17H25N3O3/c1-13(21)19-15-10-9-14(18-12-15)8-6-7-11-20(5)16(22)23-17(2,3)4/h6,8-10,12H,7,11H2,1-5H3,(H,19,21). The van der Waals surface area contributed by atoms with Crippen molar-refractivity contribution in [3.05, 3.63) is 30.1 Å². The molecule has 0 aliphatic heterocycles. The maximum absolute atomic E-state index is 11.8. The van der Waals surface area contributed by atoms with Crippen molar-refractivity contribution in [3.63, 3.8) is 0 Å². The predicted molar refractivity (Wildman–Crippen MR) is 91.1 cm³/mol. The minimum atomic E-state index is -0.485. The number of aromatic nitrogens is 1. The first-order valence-corrected chi connectivity index (χ1v) is 7.51. The number of carbonyl (C=O) groups is 2. The summed E-state index contributed by atoms with van der Waals surface area (Å²) in [6, 6.07) is 3.61. The summed E-state index contributed by atoms with van der Waals surface area (Å²) in [6.07, 6.45) is 5.80. The maximum Gasteiger partial charge on any atom is 0.410 e. The minimum absolute atomic E-state index is 0.125. The van der Waals surface area contributed by atoms with Crippen LogP contribution in [0.2, 0.25) is 0 Å². The molecule has 0 saturated heterocycles. The van der Waals surface area contributed by atoms with E-state index in [-0.39, 0.29) is 12.0 Å². The van der Waals surface area contributed by atoms with Gasteiger partial charge in [0.2, 0.25) is 5.91 Å². The van der Waals surface area contributed by atoms with Crippen molar-refractivity contribution < 1.29 is 14.3 Å². The highest BCUT2D eigenvalue weighted by Gasteiger charge is 2.18. The molecule has 1 N–H and O–H groups in total. The van der Waals surface area contributed by atoms with Crippen LogP contribution in [0.3, 0.4) is 0 Å². The first kappa shape index (κ1) is 18.7. The number of anilines is 1. The average Bonchev–Trinajstić information content (AvgIpc) is 2.42. The van der Waals surface area contributed by atoms with Gasteiger partial charge in [0.25, 0.3) is 0 Å². The number of hydrogen-bond acceptors (Lipinski definition) is 4. The molecule has 0 atom stereocenters. The van der Waals surface area contributed by atoms with Crippen LogP contribution >= 0.6 is 0 Å². The molecule has 6 nitrogen and oxygen atoms in total. The highest BCUT2D eigenvalue weighted by atomic mass is 16.6. The van der Waals surface area contributed by atoms with E-state index in [1.165, 1.54) is 6.92 Å². The Bertz CT molecular complexity index is 559. The Morgan fingerprint density at radius 3 is 2.57 bits per heavy atom. The van der Waals surface area contributed by atoms with Crippen LogP contribution in [0.1, 0.15) is 39.8 Å². The molecule has 0 spiro atoms. The quantitative estimate of drug-likeness (QED) is 0.904. The van der Waals surface area contributed by atoms with Crippen LogP contribution in [-0.2, 0) is 9.53 Å². The van der Waals surface area contributed by atoms with Gasteiger partial charge in [-0.3, -0.25) is 9.78 Å². The Balaban J connectivity index is 2.41. The van der Waals surface area contributed by atoms with Crippen LogP contribution in [-0.4, -0.2) is 41.1 Å². The molecular weight excluding hydrogens is 294 g/mol. The second kappa shape index (κ2) is 8.31. The van der Waals surface area contributed by atoms with Crippen molar-refractivity contribution in [2.75, 3.05) is 18.9 Å². The van der Waals surface area contributed by atoms with Crippen molar-refractivity contribution in [2.45, 2.75) is 39.7 Å². The SMILES string of the molecule is CC(=O)Nc1ccc(C=CCCN(C)C(=O)OC(C)(C)C)nc1.